The first kappa shape index (κ1) is 27.3. The highest BCUT2D eigenvalue weighted by Crippen LogP contribution is 2.24. The third-order valence-electron chi connectivity index (χ3n) is 5.41. The van der Waals surface area contributed by atoms with Crippen molar-refractivity contribution in [1.82, 2.24) is 5.32 Å². The maximum absolute atomic E-state index is 12.4. The van der Waals surface area contributed by atoms with Crippen LogP contribution in [-0.2, 0) is 14.4 Å². The normalized spacial score (nSPS) is 13.1. The minimum Gasteiger partial charge on any atom is -0.495 e. The van der Waals surface area contributed by atoms with Gasteiger partial charge in [-0.25, -0.2) is 9.59 Å². The summed E-state index contributed by atoms with van der Waals surface area (Å²) in [6, 6.07) is 14.1. The number of hydrogen-bond acceptors (Lipinski definition) is 6. The van der Waals surface area contributed by atoms with Crippen LogP contribution in [0.25, 0.3) is 0 Å². The number of para-hydroxylation sites is 2. The van der Waals surface area contributed by atoms with Crippen LogP contribution in [0.15, 0.2) is 48.5 Å². The molecule has 2 amide bonds. The van der Waals surface area contributed by atoms with Crippen molar-refractivity contribution >= 4 is 35.1 Å². The second kappa shape index (κ2) is 14.4. The molecule has 0 radical (unpaired) electrons. The minimum absolute atomic E-state index is 0.0768. The van der Waals surface area contributed by atoms with Crippen molar-refractivity contribution < 1.29 is 34.1 Å². The number of amides is 2. The summed E-state index contributed by atoms with van der Waals surface area (Å²) in [6.07, 6.45) is 6.45. The Morgan fingerprint density at radius 1 is 0.886 bits per heavy atom. The Morgan fingerprint density at radius 3 is 2.11 bits per heavy atom. The zero-order valence-electron chi connectivity index (χ0n) is 19.6. The van der Waals surface area contributed by atoms with Gasteiger partial charge in [-0.1, -0.05) is 31.4 Å². The van der Waals surface area contributed by atoms with Crippen molar-refractivity contribution in [3.05, 3.63) is 54.1 Å². The molecule has 0 heterocycles. The fraction of sp³-hybridized carbons (Fsp3) is 0.360. The van der Waals surface area contributed by atoms with Crippen LogP contribution < -0.4 is 20.7 Å². The topological polar surface area (TPSA) is 154 Å². The molecule has 0 spiro atoms. The van der Waals surface area contributed by atoms with E-state index in [1.807, 2.05) is 12.1 Å². The van der Waals surface area contributed by atoms with E-state index in [0.717, 1.165) is 6.54 Å². The van der Waals surface area contributed by atoms with Crippen molar-refractivity contribution in [2.24, 2.45) is 5.92 Å². The Morgan fingerprint density at radius 2 is 1.51 bits per heavy atom. The first-order chi connectivity index (χ1) is 16.8. The van der Waals surface area contributed by atoms with Crippen molar-refractivity contribution in [1.29, 1.82) is 0 Å². The number of benzene rings is 2. The molecule has 35 heavy (non-hydrogen) atoms. The van der Waals surface area contributed by atoms with Gasteiger partial charge in [-0.2, -0.15) is 0 Å². The number of aliphatic carboxylic acids is 2. The number of nitrogens with one attached hydrogen (secondary N) is 3. The number of ether oxygens (including phenoxy) is 1. The molecule has 10 nitrogen and oxygen atoms in total. The van der Waals surface area contributed by atoms with Gasteiger partial charge in [0.05, 0.1) is 19.3 Å². The molecule has 3 rings (SSSR count). The van der Waals surface area contributed by atoms with Crippen LogP contribution in [0.2, 0.25) is 0 Å². The van der Waals surface area contributed by atoms with Crippen molar-refractivity contribution in [3.63, 3.8) is 0 Å². The number of rotatable bonds is 8. The molecule has 10 heteroatoms. The van der Waals surface area contributed by atoms with E-state index in [0.29, 0.717) is 35.2 Å². The van der Waals surface area contributed by atoms with Crippen LogP contribution in [0.3, 0.4) is 0 Å². The Balaban J connectivity index is 0.000000641. The smallest absolute Gasteiger partial charge is 0.414 e. The number of carbonyl (C=O) groups excluding carboxylic acids is 2. The summed E-state index contributed by atoms with van der Waals surface area (Å²) in [5, 5.41) is 23.7. The molecule has 2 aromatic carbocycles. The maximum Gasteiger partial charge on any atom is 0.414 e. The van der Waals surface area contributed by atoms with Gasteiger partial charge in [0.25, 0.3) is 5.91 Å². The molecule has 1 aliphatic rings. The molecule has 1 aliphatic carbocycles. The lowest BCUT2D eigenvalue weighted by atomic mass is 9.89. The van der Waals surface area contributed by atoms with Crippen molar-refractivity contribution in [2.75, 3.05) is 30.8 Å². The summed E-state index contributed by atoms with van der Waals surface area (Å²) in [7, 11) is 1.56. The molecule has 188 valence electrons. The molecule has 2 aromatic rings. The Kier molecular flexibility index (Phi) is 11.2. The predicted octanol–water partition coefficient (Wildman–Crippen LogP) is 3.21. The quantitative estimate of drug-likeness (QED) is 0.357. The average molecular weight is 486 g/mol. The Labute approximate surface area is 203 Å². The Bertz CT molecular complexity index is 990. The summed E-state index contributed by atoms with van der Waals surface area (Å²) < 4.78 is 5.25. The van der Waals surface area contributed by atoms with E-state index in [-0.39, 0.29) is 11.8 Å². The van der Waals surface area contributed by atoms with Crippen LogP contribution in [-0.4, -0.2) is 54.2 Å². The van der Waals surface area contributed by atoms with Gasteiger partial charge in [-0.15, -0.1) is 0 Å². The van der Waals surface area contributed by atoms with E-state index in [2.05, 4.69) is 16.0 Å². The van der Waals surface area contributed by atoms with Gasteiger partial charge < -0.3 is 30.9 Å². The second-order valence-electron chi connectivity index (χ2n) is 8.03. The fourth-order valence-corrected chi connectivity index (χ4v) is 3.63. The first-order valence-corrected chi connectivity index (χ1v) is 11.3. The van der Waals surface area contributed by atoms with Crippen molar-refractivity contribution in [2.45, 2.75) is 32.1 Å². The second-order valence-corrected chi connectivity index (χ2v) is 8.03. The lowest BCUT2D eigenvalue weighted by Gasteiger charge is -2.21. The highest BCUT2D eigenvalue weighted by atomic mass is 16.5. The molecule has 1 fully saturated rings. The van der Waals surface area contributed by atoms with E-state index < -0.39 is 11.9 Å². The van der Waals surface area contributed by atoms with Crippen LogP contribution >= 0.6 is 0 Å². The van der Waals surface area contributed by atoms with Gasteiger partial charge >= 0.3 is 11.9 Å². The van der Waals surface area contributed by atoms with E-state index in [1.165, 1.54) is 32.1 Å². The standard InChI is InChI=1S/C23H29N3O3.C2H2O4/c1-29-21-10-6-5-9-20(21)26-23(28)18-11-13-19(14-12-18)25-22(27)16-24-15-17-7-3-2-4-8-17;3-1(4)2(5)6/h5-6,9-14,17,24H,2-4,7-8,15-16H2,1H3,(H,25,27)(H,26,28);(H,3,4)(H,5,6). The summed E-state index contributed by atoms with van der Waals surface area (Å²) >= 11 is 0. The summed E-state index contributed by atoms with van der Waals surface area (Å²) in [4.78, 5) is 42.8. The summed E-state index contributed by atoms with van der Waals surface area (Å²) in [5.74, 6) is -2.67. The molecule has 0 aromatic heterocycles. The number of methoxy groups -OCH3 is 1. The summed E-state index contributed by atoms with van der Waals surface area (Å²) in [5.41, 5.74) is 1.79. The largest absolute Gasteiger partial charge is 0.495 e. The number of carboxylic acids is 2. The lowest BCUT2D eigenvalue weighted by molar-refractivity contribution is -0.159. The van der Waals surface area contributed by atoms with Crippen LogP contribution in [0.1, 0.15) is 42.5 Å². The molecule has 0 bridgehead atoms. The van der Waals surface area contributed by atoms with E-state index in [4.69, 9.17) is 24.5 Å². The lowest BCUT2D eigenvalue weighted by Crippen LogP contribution is -2.32. The number of anilines is 2. The van der Waals surface area contributed by atoms with Gasteiger partial charge in [0.2, 0.25) is 5.91 Å². The highest BCUT2D eigenvalue weighted by molar-refractivity contribution is 6.27. The predicted molar refractivity (Wildman–Crippen MR) is 131 cm³/mol. The number of carbonyl (C=O) groups is 4. The van der Waals surface area contributed by atoms with Crippen LogP contribution in [0.5, 0.6) is 5.75 Å². The van der Waals surface area contributed by atoms with Gasteiger partial charge in [-0.3, -0.25) is 9.59 Å². The van der Waals surface area contributed by atoms with E-state index in [1.54, 1.807) is 43.5 Å². The fourth-order valence-electron chi connectivity index (χ4n) is 3.63. The third kappa shape index (κ3) is 9.85. The van der Waals surface area contributed by atoms with E-state index in [9.17, 15) is 9.59 Å². The molecule has 0 unspecified atom stereocenters. The molecule has 1 saturated carbocycles. The molecule has 0 saturated heterocycles. The molecular weight excluding hydrogens is 454 g/mol. The van der Waals surface area contributed by atoms with Crippen LogP contribution in [0, 0.1) is 5.92 Å². The van der Waals surface area contributed by atoms with E-state index >= 15 is 0 Å². The monoisotopic (exact) mass is 485 g/mol. The zero-order valence-corrected chi connectivity index (χ0v) is 19.6. The number of hydrogen-bond donors (Lipinski definition) is 5. The minimum atomic E-state index is -1.82. The summed E-state index contributed by atoms with van der Waals surface area (Å²) in [6.45, 7) is 1.20. The zero-order chi connectivity index (χ0) is 25.6. The third-order valence-corrected chi connectivity index (χ3v) is 5.41. The SMILES string of the molecule is COc1ccccc1NC(=O)c1ccc(NC(=O)CNCC2CCCCC2)cc1.O=C(O)C(=O)O. The molecule has 0 aliphatic heterocycles. The van der Waals surface area contributed by atoms with Gasteiger partial charge in [0, 0.05) is 11.3 Å². The average Bonchev–Trinajstić information content (AvgIpc) is 2.85. The molecular formula is C25H31N3O7. The highest BCUT2D eigenvalue weighted by Gasteiger charge is 2.14. The maximum atomic E-state index is 12.4. The van der Waals surface area contributed by atoms with Gasteiger partial charge in [0.15, 0.2) is 0 Å². The van der Waals surface area contributed by atoms with Crippen molar-refractivity contribution in [3.8, 4) is 5.75 Å². The molecule has 0 atom stereocenters. The molecule has 5 N–H and O–H groups in total. The number of carboxylic acid groups (broad SMARTS) is 2. The van der Waals surface area contributed by atoms with Crippen LogP contribution in [0.4, 0.5) is 11.4 Å². The Hall–Kier alpha value is -3.92. The van der Waals surface area contributed by atoms with Gasteiger partial charge in [0.1, 0.15) is 5.75 Å². The first-order valence-electron chi connectivity index (χ1n) is 11.3. The van der Waals surface area contributed by atoms with Gasteiger partial charge in [-0.05, 0) is 61.7 Å².